The van der Waals surface area contributed by atoms with E-state index in [1.54, 1.807) is 25.4 Å². The molecule has 1 N–H and O–H groups in total. The number of nitrogens with zero attached hydrogens (tertiary/aromatic N) is 3. The summed E-state index contributed by atoms with van der Waals surface area (Å²) in [6.45, 7) is 6.17. The number of hydrogen-bond donors (Lipinski definition) is 1. The normalized spacial score (nSPS) is 15.8. The molecule has 1 aromatic heterocycles. The number of anilines is 2. The van der Waals surface area contributed by atoms with Crippen molar-refractivity contribution in [3.63, 3.8) is 0 Å². The summed E-state index contributed by atoms with van der Waals surface area (Å²) in [7, 11) is 1.66. The highest BCUT2D eigenvalue weighted by molar-refractivity contribution is 6.32. The molecule has 7 nitrogen and oxygen atoms in total. The minimum atomic E-state index is -0.262. The first-order valence-corrected chi connectivity index (χ1v) is 10.1. The minimum Gasteiger partial charge on any atom is -0.489 e. The number of hydrogen-bond acceptors (Lipinski definition) is 6. The SMILES string of the molecule is COCCOc1ccccc1N1CCN([C@@H](C)C(=O)Nc2cccnc2Cl)CC1. The zero-order chi connectivity index (χ0) is 20.6. The van der Waals surface area contributed by atoms with Gasteiger partial charge in [0.1, 0.15) is 12.4 Å². The summed E-state index contributed by atoms with van der Waals surface area (Å²) < 4.78 is 10.9. The summed E-state index contributed by atoms with van der Waals surface area (Å²) in [5.74, 6) is 0.770. The van der Waals surface area contributed by atoms with Gasteiger partial charge in [0, 0.05) is 39.5 Å². The first-order chi connectivity index (χ1) is 14.1. The van der Waals surface area contributed by atoms with Crippen LogP contribution in [-0.2, 0) is 9.53 Å². The van der Waals surface area contributed by atoms with Gasteiger partial charge in [0.25, 0.3) is 0 Å². The molecule has 2 aromatic rings. The van der Waals surface area contributed by atoms with Gasteiger partial charge < -0.3 is 19.7 Å². The van der Waals surface area contributed by atoms with Crippen LogP contribution in [-0.4, -0.2) is 68.3 Å². The highest BCUT2D eigenvalue weighted by atomic mass is 35.5. The van der Waals surface area contributed by atoms with Gasteiger partial charge in [-0.1, -0.05) is 23.7 Å². The zero-order valence-electron chi connectivity index (χ0n) is 16.8. The lowest BCUT2D eigenvalue weighted by atomic mass is 10.2. The van der Waals surface area contributed by atoms with Gasteiger partial charge in [0.2, 0.25) is 5.91 Å². The van der Waals surface area contributed by atoms with Crippen molar-refractivity contribution in [1.82, 2.24) is 9.88 Å². The van der Waals surface area contributed by atoms with E-state index in [1.165, 1.54) is 0 Å². The molecule has 156 valence electrons. The fourth-order valence-corrected chi connectivity index (χ4v) is 3.47. The number of methoxy groups -OCH3 is 1. The van der Waals surface area contributed by atoms with Gasteiger partial charge in [-0.25, -0.2) is 4.98 Å². The number of carbonyl (C=O) groups excluding carboxylic acids is 1. The summed E-state index contributed by atoms with van der Waals surface area (Å²) in [6.07, 6.45) is 1.59. The second-order valence-electron chi connectivity index (χ2n) is 6.84. The molecular weight excluding hydrogens is 392 g/mol. The number of pyridine rings is 1. The van der Waals surface area contributed by atoms with Crippen molar-refractivity contribution in [2.24, 2.45) is 0 Å². The Morgan fingerprint density at radius 3 is 2.66 bits per heavy atom. The van der Waals surface area contributed by atoms with Crippen LogP contribution in [0, 0.1) is 0 Å². The molecular formula is C21H27ClN4O3. The van der Waals surface area contributed by atoms with E-state index in [-0.39, 0.29) is 11.9 Å². The average molecular weight is 419 g/mol. The number of halogens is 1. The highest BCUT2D eigenvalue weighted by Crippen LogP contribution is 2.29. The van der Waals surface area contributed by atoms with E-state index in [0.29, 0.717) is 24.1 Å². The second-order valence-corrected chi connectivity index (χ2v) is 7.20. The summed E-state index contributed by atoms with van der Waals surface area (Å²) in [4.78, 5) is 21.1. The maximum absolute atomic E-state index is 12.6. The van der Waals surface area contributed by atoms with Gasteiger partial charge in [-0.05, 0) is 31.2 Å². The van der Waals surface area contributed by atoms with Crippen LogP contribution in [0.25, 0.3) is 0 Å². The van der Waals surface area contributed by atoms with Crippen LogP contribution >= 0.6 is 11.6 Å². The lowest BCUT2D eigenvalue weighted by molar-refractivity contribution is -0.120. The van der Waals surface area contributed by atoms with Crippen LogP contribution in [0.3, 0.4) is 0 Å². The molecule has 0 saturated carbocycles. The van der Waals surface area contributed by atoms with E-state index in [9.17, 15) is 4.79 Å². The standard InChI is InChI=1S/C21H27ClN4O3/c1-16(21(27)24-17-6-5-9-23-20(17)22)25-10-12-26(13-11-25)18-7-3-4-8-19(18)29-15-14-28-2/h3-9,16H,10-15H2,1-2H3,(H,24,27)/t16-/m0/s1. The number of rotatable bonds is 8. The molecule has 1 aliphatic heterocycles. The summed E-state index contributed by atoms with van der Waals surface area (Å²) in [6, 6.07) is 11.3. The molecule has 3 rings (SSSR count). The zero-order valence-corrected chi connectivity index (χ0v) is 17.6. The van der Waals surface area contributed by atoms with E-state index in [4.69, 9.17) is 21.1 Å². The Bertz CT molecular complexity index is 812. The van der Waals surface area contributed by atoms with Gasteiger partial charge in [-0.2, -0.15) is 0 Å². The van der Waals surface area contributed by atoms with Crippen molar-refractivity contribution in [2.45, 2.75) is 13.0 Å². The van der Waals surface area contributed by atoms with Gasteiger partial charge in [0.15, 0.2) is 5.15 Å². The molecule has 0 spiro atoms. The number of amides is 1. The highest BCUT2D eigenvalue weighted by Gasteiger charge is 2.27. The number of para-hydroxylation sites is 2. The van der Waals surface area contributed by atoms with Crippen molar-refractivity contribution in [3.05, 3.63) is 47.7 Å². The summed E-state index contributed by atoms with van der Waals surface area (Å²) in [5, 5.41) is 3.16. The van der Waals surface area contributed by atoms with Crippen molar-refractivity contribution in [2.75, 3.05) is 56.7 Å². The molecule has 1 amide bonds. The Morgan fingerprint density at radius 1 is 1.17 bits per heavy atom. The number of aromatic nitrogens is 1. The van der Waals surface area contributed by atoms with Gasteiger partial charge in [-0.3, -0.25) is 9.69 Å². The van der Waals surface area contributed by atoms with Crippen LogP contribution in [0.1, 0.15) is 6.92 Å². The smallest absolute Gasteiger partial charge is 0.241 e. The fraction of sp³-hybridized carbons (Fsp3) is 0.429. The second kappa shape index (κ2) is 10.4. The molecule has 1 atom stereocenters. The largest absolute Gasteiger partial charge is 0.489 e. The predicted molar refractivity (Wildman–Crippen MR) is 115 cm³/mol. The molecule has 1 aromatic carbocycles. The number of nitrogens with one attached hydrogen (secondary N) is 1. The van der Waals surface area contributed by atoms with Gasteiger partial charge >= 0.3 is 0 Å². The van der Waals surface area contributed by atoms with E-state index >= 15 is 0 Å². The maximum atomic E-state index is 12.6. The molecule has 0 bridgehead atoms. The molecule has 29 heavy (non-hydrogen) atoms. The third-order valence-electron chi connectivity index (χ3n) is 5.01. The van der Waals surface area contributed by atoms with Crippen LogP contribution < -0.4 is 15.0 Å². The van der Waals surface area contributed by atoms with Crippen LogP contribution in [0.5, 0.6) is 5.75 Å². The number of benzene rings is 1. The fourth-order valence-electron chi connectivity index (χ4n) is 3.31. The van der Waals surface area contributed by atoms with Crippen LogP contribution in [0.15, 0.2) is 42.6 Å². The van der Waals surface area contributed by atoms with E-state index in [0.717, 1.165) is 37.6 Å². The Labute approximate surface area is 176 Å². The maximum Gasteiger partial charge on any atom is 0.241 e. The van der Waals surface area contributed by atoms with Crippen molar-refractivity contribution < 1.29 is 14.3 Å². The average Bonchev–Trinajstić information content (AvgIpc) is 2.75. The molecule has 1 saturated heterocycles. The number of carbonyl (C=O) groups is 1. The van der Waals surface area contributed by atoms with Crippen LogP contribution in [0.2, 0.25) is 5.15 Å². The Kier molecular flexibility index (Phi) is 7.69. The quantitative estimate of drug-likeness (QED) is 0.525. The number of ether oxygens (including phenoxy) is 2. The molecule has 0 aliphatic carbocycles. The lowest BCUT2D eigenvalue weighted by Gasteiger charge is -2.39. The monoisotopic (exact) mass is 418 g/mol. The van der Waals surface area contributed by atoms with E-state index < -0.39 is 0 Å². The van der Waals surface area contributed by atoms with Gasteiger partial charge in [-0.15, -0.1) is 0 Å². The van der Waals surface area contributed by atoms with Crippen molar-refractivity contribution in [3.8, 4) is 5.75 Å². The molecule has 0 unspecified atom stereocenters. The van der Waals surface area contributed by atoms with Gasteiger partial charge in [0.05, 0.1) is 24.0 Å². The minimum absolute atomic E-state index is 0.0864. The summed E-state index contributed by atoms with van der Waals surface area (Å²) >= 11 is 6.04. The lowest BCUT2D eigenvalue weighted by Crippen LogP contribution is -2.52. The topological polar surface area (TPSA) is 66.9 Å². The molecule has 8 heteroatoms. The first kappa shape index (κ1) is 21.4. The van der Waals surface area contributed by atoms with E-state index in [1.807, 2.05) is 25.1 Å². The first-order valence-electron chi connectivity index (χ1n) is 9.71. The number of piperazine rings is 1. The molecule has 2 heterocycles. The van der Waals surface area contributed by atoms with Crippen molar-refractivity contribution >= 4 is 28.9 Å². The molecule has 0 radical (unpaired) electrons. The van der Waals surface area contributed by atoms with Crippen LogP contribution in [0.4, 0.5) is 11.4 Å². The Morgan fingerprint density at radius 2 is 1.93 bits per heavy atom. The van der Waals surface area contributed by atoms with Crippen molar-refractivity contribution in [1.29, 1.82) is 0 Å². The third-order valence-corrected chi connectivity index (χ3v) is 5.31. The predicted octanol–water partition coefficient (Wildman–Crippen LogP) is 2.91. The third kappa shape index (κ3) is 5.59. The molecule has 1 fully saturated rings. The van der Waals surface area contributed by atoms with E-state index in [2.05, 4.69) is 26.2 Å². The Hall–Kier alpha value is -2.35. The Balaban J connectivity index is 1.56. The molecule has 1 aliphatic rings. The summed E-state index contributed by atoms with van der Waals surface area (Å²) in [5.41, 5.74) is 1.61.